The van der Waals surface area contributed by atoms with Gasteiger partial charge in [-0.25, -0.2) is 4.98 Å². The van der Waals surface area contributed by atoms with Gasteiger partial charge in [0.25, 0.3) is 0 Å². The van der Waals surface area contributed by atoms with Crippen LogP contribution in [0, 0.1) is 0 Å². The monoisotopic (exact) mass is 214 g/mol. The minimum absolute atomic E-state index is 0.176. The number of aromatic nitrogens is 1. The average Bonchev–Trinajstić information content (AvgIpc) is 2.72. The van der Waals surface area contributed by atoms with Gasteiger partial charge in [0.05, 0.1) is 12.6 Å². The maximum Gasteiger partial charge on any atom is 0.153 e. The first kappa shape index (κ1) is 10.9. The van der Waals surface area contributed by atoms with Crippen molar-refractivity contribution >= 4 is 17.2 Å². The molecule has 0 aliphatic heterocycles. The van der Waals surface area contributed by atoms with Crippen molar-refractivity contribution in [3.8, 4) is 0 Å². The van der Waals surface area contributed by atoms with Crippen LogP contribution in [0.2, 0.25) is 0 Å². The van der Waals surface area contributed by atoms with Crippen LogP contribution >= 0.6 is 11.3 Å². The average molecular weight is 214 g/mol. The SMILES string of the molecule is CCC(NCC(N)=NO)c1nccs1. The van der Waals surface area contributed by atoms with E-state index in [-0.39, 0.29) is 11.9 Å². The summed E-state index contributed by atoms with van der Waals surface area (Å²) in [5, 5.41) is 17.4. The quantitative estimate of drug-likeness (QED) is 0.295. The molecule has 0 amide bonds. The van der Waals surface area contributed by atoms with Gasteiger partial charge in [-0.2, -0.15) is 0 Å². The Morgan fingerprint density at radius 2 is 2.64 bits per heavy atom. The molecule has 14 heavy (non-hydrogen) atoms. The van der Waals surface area contributed by atoms with Gasteiger partial charge in [0.15, 0.2) is 5.84 Å². The van der Waals surface area contributed by atoms with Crippen molar-refractivity contribution in [3.05, 3.63) is 16.6 Å². The summed E-state index contributed by atoms with van der Waals surface area (Å²) < 4.78 is 0. The van der Waals surface area contributed by atoms with Gasteiger partial charge < -0.3 is 16.3 Å². The van der Waals surface area contributed by atoms with Crippen LogP contribution in [0.4, 0.5) is 0 Å². The second kappa shape index (κ2) is 5.56. The molecule has 1 rings (SSSR count). The molecular weight excluding hydrogens is 200 g/mol. The topological polar surface area (TPSA) is 83.5 Å². The molecule has 0 bridgehead atoms. The third-order valence-electron chi connectivity index (χ3n) is 1.82. The van der Waals surface area contributed by atoms with Crippen LogP contribution in [0.25, 0.3) is 0 Å². The zero-order valence-corrected chi connectivity index (χ0v) is 8.79. The molecule has 0 spiro atoms. The summed E-state index contributed by atoms with van der Waals surface area (Å²) >= 11 is 1.60. The molecule has 0 saturated carbocycles. The lowest BCUT2D eigenvalue weighted by Crippen LogP contribution is -2.31. The molecule has 1 unspecified atom stereocenters. The zero-order valence-electron chi connectivity index (χ0n) is 7.97. The number of oxime groups is 1. The predicted octanol–water partition coefficient (Wildman–Crippen LogP) is 0.930. The third kappa shape index (κ3) is 2.97. The molecule has 78 valence electrons. The fourth-order valence-electron chi connectivity index (χ4n) is 1.08. The van der Waals surface area contributed by atoms with E-state index >= 15 is 0 Å². The standard InChI is InChI=1S/C8H14N4OS/c1-2-6(8-10-3-4-14-8)11-5-7(9)12-13/h3-4,6,11,13H,2,5H2,1H3,(H2,9,12). The van der Waals surface area contributed by atoms with Crippen LogP contribution in [0.15, 0.2) is 16.7 Å². The van der Waals surface area contributed by atoms with Gasteiger partial charge in [-0.15, -0.1) is 11.3 Å². The number of nitrogens with zero attached hydrogens (tertiary/aromatic N) is 2. The Hall–Kier alpha value is -1.14. The van der Waals surface area contributed by atoms with Crippen LogP contribution in [-0.4, -0.2) is 22.6 Å². The van der Waals surface area contributed by atoms with Gasteiger partial charge in [0.1, 0.15) is 5.01 Å². The summed E-state index contributed by atoms with van der Waals surface area (Å²) in [7, 11) is 0. The highest BCUT2D eigenvalue weighted by atomic mass is 32.1. The van der Waals surface area contributed by atoms with Gasteiger partial charge in [0, 0.05) is 11.6 Å². The van der Waals surface area contributed by atoms with Crippen molar-refractivity contribution in [2.45, 2.75) is 19.4 Å². The number of hydrogen-bond donors (Lipinski definition) is 3. The third-order valence-corrected chi connectivity index (χ3v) is 2.71. The summed E-state index contributed by atoms with van der Waals surface area (Å²) in [5.74, 6) is 0.181. The molecule has 0 aliphatic carbocycles. The van der Waals surface area contributed by atoms with E-state index in [1.807, 2.05) is 5.38 Å². The first-order valence-electron chi connectivity index (χ1n) is 4.37. The molecule has 1 aromatic heterocycles. The van der Waals surface area contributed by atoms with E-state index in [1.54, 1.807) is 17.5 Å². The summed E-state index contributed by atoms with van der Waals surface area (Å²) in [4.78, 5) is 4.20. The van der Waals surface area contributed by atoms with Crippen molar-refractivity contribution < 1.29 is 5.21 Å². The van der Waals surface area contributed by atoms with Crippen molar-refractivity contribution in [2.75, 3.05) is 6.54 Å². The molecule has 0 aromatic carbocycles. The number of hydrogen-bond acceptors (Lipinski definition) is 5. The van der Waals surface area contributed by atoms with Gasteiger partial charge in [-0.1, -0.05) is 12.1 Å². The molecule has 5 nitrogen and oxygen atoms in total. The Kier molecular flexibility index (Phi) is 4.34. The summed E-state index contributed by atoms with van der Waals surface area (Å²) in [5.41, 5.74) is 5.35. The second-order valence-corrected chi connectivity index (χ2v) is 3.73. The van der Waals surface area contributed by atoms with Crippen LogP contribution in [0.5, 0.6) is 0 Å². The van der Waals surface area contributed by atoms with Crippen molar-refractivity contribution in [1.29, 1.82) is 0 Å². The lowest BCUT2D eigenvalue weighted by atomic mass is 10.2. The maximum absolute atomic E-state index is 8.36. The minimum Gasteiger partial charge on any atom is -0.409 e. The lowest BCUT2D eigenvalue weighted by Gasteiger charge is -2.13. The van der Waals surface area contributed by atoms with Gasteiger partial charge in [-0.3, -0.25) is 0 Å². The molecule has 0 aliphatic rings. The van der Waals surface area contributed by atoms with Crippen LogP contribution in [-0.2, 0) is 0 Å². The summed E-state index contributed by atoms with van der Waals surface area (Å²) in [6, 6.07) is 0.176. The van der Waals surface area contributed by atoms with E-state index in [4.69, 9.17) is 10.9 Å². The first-order valence-corrected chi connectivity index (χ1v) is 5.25. The van der Waals surface area contributed by atoms with Crippen molar-refractivity contribution in [3.63, 3.8) is 0 Å². The molecule has 1 heterocycles. The Morgan fingerprint density at radius 1 is 1.86 bits per heavy atom. The Bertz CT molecular complexity index is 286. The zero-order chi connectivity index (χ0) is 10.4. The summed E-state index contributed by atoms with van der Waals surface area (Å²) in [6.45, 7) is 2.43. The molecule has 1 atom stereocenters. The summed E-state index contributed by atoms with van der Waals surface area (Å²) in [6.07, 6.45) is 2.69. The van der Waals surface area contributed by atoms with Crippen LogP contribution in [0.1, 0.15) is 24.4 Å². The Morgan fingerprint density at radius 3 is 3.14 bits per heavy atom. The lowest BCUT2D eigenvalue weighted by molar-refractivity contribution is 0.316. The van der Waals surface area contributed by atoms with Crippen LogP contribution < -0.4 is 11.1 Å². The van der Waals surface area contributed by atoms with E-state index in [1.165, 1.54) is 0 Å². The fourth-order valence-corrected chi connectivity index (χ4v) is 1.87. The highest BCUT2D eigenvalue weighted by Crippen LogP contribution is 2.17. The number of amidine groups is 1. The number of rotatable bonds is 5. The van der Waals surface area contributed by atoms with Crippen molar-refractivity contribution in [1.82, 2.24) is 10.3 Å². The van der Waals surface area contributed by atoms with E-state index < -0.39 is 0 Å². The van der Waals surface area contributed by atoms with Gasteiger partial charge in [-0.05, 0) is 6.42 Å². The maximum atomic E-state index is 8.36. The van der Waals surface area contributed by atoms with Gasteiger partial charge in [0.2, 0.25) is 0 Å². The minimum atomic E-state index is 0.176. The molecule has 0 fully saturated rings. The highest BCUT2D eigenvalue weighted by molar-refractivity contribution is 7.09. The molecule has 6 heteroatoms. The Labute approximate surface area is 86.6 Å². The van der Waals surface area contributed by atoms with Crippen molar-refractivity contribution in [2.24, 2.45) is 10.9 Å². The van der Waals surface area contributed by atoms with E-state index in [2.05, 4.69) is 22.4 Å². The largest absolute Gasteiger partial charge is 0.409 e. The number of nitrogens with one attached hydrogen (secondary N) is 1. The molecule has 0 saturated heterocycles. The number of thiazole rings is 1. The van der Waals surface area contributed by atoms with Gasteiger partial charge >= 0.3 is 0 Å². The Balaban J connectivity index is 2.48. The normalized spacial score (nSPS) is 14.2. The molecular formula is C8H14N4OS. The van der Waals surface area contributed by atoms with E-state index in [0.29, 0.717) is 6.54 Å². The van der Waals surface area contributed by atoms with E-state index in [0.717, 1.165) is 11.4 Å². The predicted molar refractivity (Wildman–Crippen MR) is 56.6 cm³/mol. The highest BCUT2D eigenvalue weighted by Gasteiger charge is 2.11. The van der Waals surface area contributed by atoms with Crippen LogP contribution in [0.3, 0.4) is 0 Å². The smallest absolute Gasteiger partial charge is 0.153 e. The number of nitrogens with two attached hydrogens (primary N) is 1. The molecule has 1 aromatic rings. The molecule has 4 N–H and O–H groups in total. The first-order chi connectivity index (χ1) is 6.77. The van der Waals surface area contributed by atoms with E-state index in [9.17, 15) is 0 Å². The molecule has 0 radical (unpaired) electrons. The fraction of sp³-hybridized carbons (Fsp3) is 0.500. The second-order valence-electron chi connectivity index (χ2n) is 2.80.